The van der Waals surface area contributed by atoms with E-state index < -0.39 is 0 Å². The van der Waals surface area contributed by atoms with Crippen molar-refractivity contribution >= 4 is 23.4 Å². The lowest BCUT2D eigenvalue weighted by molar-refractivity contribution is -0.115. The zero-order chi connectivity index (χ0) is 15.9. The Morgan fingerprint density at radius 3 is 2.32 bits per heavy atom. The van der Waals surface area contributed by atoms with Crippen molar-refractivity contribution in [2.24, 2.45) is 0 Å². The van der Waals surface area contributed by atoms with Crippen LogP contribution >= 0.6 is 11.8 Å². The van der Waals surface area contributed by atoms with Gasteiger partial charge in [0.2, 0.25) is 5.91 Å². The van der Waals surface area contributed by atoms with E-state index in [9.17, 15) is 4.79 Å². The van der Waals surface area contributed by atoms with Gasteiger partial charge in [-0.2, -0.15) is 0 Å². The van der Waals surface area contributed by atoms with Crippen LogP contribution < -0.4 is 5.32 Å². The fourth-order valence-electron chi connectivity index (χ4n) is 2.42. The van der Waals surface area contributed by atoms with Gasteiger partial charge in [-0.05, 0) is 49.1 Å². The van der Waals surface area contributed by atoms with Crippen LogP contribution in [0.4, 0.5) is 5.69 Å². The molecule has 2 rings (SSSR count). The predicted molar refractivity (Wildman–Crippen MR) is 96.4 cm³/mol. The summed E-state index contributed by atoms with van der Waals surface area (Å²) >= 11 is 1.70. The number of rotatable bonds is 6. The normalized spacial score (nSPS) is 12.0. The summed E-state index contributed by atoms with van der Waals surface area (Å²) in [5, 5.41) is 3.02. The third kappa shape index (κ3) is 4.92. The number of hydrogen-bond donors (Lipinski definition) is 1. The fraction of sp³-hybridized carbons (Fsp3) is 0.316. The van der Waals surface area contributed by atoms with E-state index >= 15 is 0 Å². The van der Waals surface area contributed by atoms with E-state index in [0.717, 1.165) is 17.9 Å². The molecule has 0 aliphatic carbocycles. The van der Waals surface area contributed by atoms with Crippen LogP contribution in [0.25, 0.3) is 0 Å². The fourth-order valence-corrected chi connectivity index (χ4v) is 3.45. The number of nitrogens with one attached hydrogen (secondary N) is 1. The van der Waals surface area contributed by atoms with Gasteiger partial charge < -0.3 is 5.32 Å². The standard InChI is InChI=1S/C19H23NOS/c1-4-18(22-13-16-8-6-5-7-9-16)19(21)20-17-11-14(2)10-15(3)12-17/h5-12,18H,4,13H2,1-3H3,(H,20,21). The van der Waals surface area contributed by atoms with Crippen LogP contribution in [0, 0.1) is 13.8 Å². The summed E-state index contributed by atoms with van der Waals surface area (Å²) in [5.74, 6) is 0.952. The molecule has 0 bridgehead atoms. The van der Waals surface area contributed by atoms with Gasteiger partial charge in [0, 0.05) is 11.4 Å². The lowest BCUT2D eigenvalue weighted by atomic mass is 10.1. The molecule has 2 aromatic carbocycles. The van der Waals surface area contributed by atoms with Crippen LogP contribution in [0.1, 0.15) is 30.0 Å². The minimum Gasteiger partial charge on any atom is -0.325 e. The molecule has 2 aromatic rings. The molecule has 1 N–H and O–H groups in total. The second kappa shape index (κ2) is 8.04. The Kier molecular flexibility index (Phi) is 6.08. The Morgan fingerprint density at radius 2 is 1.73 bits per heavy atom. The number of thioether (sulfide) groups is 1. The van der Waals surface area contributed by atoms with Crippen LogP contribution in [0.15, 0.2) is 48.5 Å². The Hall–Kier alpha value is -1.74. The largest absolute Gasteiger partial charge is 0.325 e. The third-order valence-corrected chi connectivity index (χ3v) is 4.90. The molecule has 22 heavy (non-hydrogen) atoms. The Labute approximate surface area is 137 Å². The molecule has 0 fully saturated rings. The van der Waals surface area contributed by atoms with Gasteiger partial charge in [-0.25, -0.2) is 0 Å². The number of carbonyl (C=O) groups is 1. The summed E-state index contributed by atoms with van der Waals surface area (Å²) in [4.78, 5) is 12.5. The van der Waals surface area contributed by atoms with E-state index in [1.165, 1.54) is 16.7 Å². The van der Waals surface area contributed by atoms with Crippen molar-refractivity contribution in [3.63, 3.8) is 0 Å². The summed E-state index contributed by atoms with van der Waals surface area (Å²) in [5.41, 5.74) is 4.48. The Balaban J connectivity index is 1.96. The summed E-state index contributed by atoms with van der Waals surface area (Å²) in [7, 11) is 0. The lowest BCUT2D eigenvalue weighted by Crippen LogP contribution is -2.24. The molecular weight excluding hydrogens is 290 g/mol. The lowest BCUT2D eigenvalue weighted by Gasteiger charge is -2.15. The van der Waals surface area contributed by atoms with Crippen LogP contribution in [0.5, 0.6) is 0 Å². The highest BCUT2D eigenvalue weighted by Crippen LogP contribution is 2.22. The molecule has 1 atom stereocenters. The first kappa shape index (κ1) is 16.6. The molecule has 1 unspecified atom stereocenters. The number of carbonyl (C=O) groups excluding carboxylic acids is 1. The van der Waals surface area contributed by atoms with Crippen molar-refractivity contribution in [3.8, 4) is 0 Å². The number of hydrogen-bond acceptors (Lipinski definition) is 2. The van der Waals surface area contributed by atoms with Gasteiger partial charge in [0.05, 0.1) is 5.25 Å². The Bertz CT molecular complexity index is 604. The molecule has 0 aliphatic rings. The molecule has 0 spiro atoms. The van der Waals surface area contributed by atoms with Gasteiger partial charge in [-0.15, -0.1) is 11.8 Å². The predicted octanol–water partition coefficient (Wildman–Crippen LogP) is 4.95. The molecule has 0 radical (unpaired) electrons. The van der Waals surface area contributed by atoms with Crippen molar-refractivity contribution in [1.29, 1.82) is 0 Å². The van der Waals surface area contributed by atoms with E-state index in [0.29, 0.717) is 0 Å². The van der Waals surface area contributed by atoms with Crippen LogP contribution in [-0.2, 0) is 10.5 Å². The first-order valence-corrected chi connectivity index (χ1v) is 8.68. The SMILES string of the molecule is CCC(SCc1ccccc1)C(=O)Nc1cc(C)cc(C)c1. The van der Waals surface area contributed by atoms with Gasteiger partial charge in [0.15, 0.2) is 0 Å². The molecule has 0 heterocycles. The molecule has 0 saturated heterocycles. The second-order valence-electron chi connectivity index (χ2n) is 5.56. The van der Waals surface area contributed by atoms with Crippen molar-refractivity contribution in [2.75, 3.05) is 5.32 Å². The van der Waals surface area contributed by atoms with Gasteiger partial charge in [-0.1, -0.05) is 43.3 Å². The third-order valence-electron chi connectivity index (χ3n) is 3.45. The first-order chi connectivity index (χ1) is 10.6. The molecule has 0 saturated carbocycles. The van der Waals surface area contributed by atoms with E-state index in [4.69, 9.17) is 0 Å². The van der Waals surface area contributed by atoms with E-state index in [1.54, 1.807) is 11.8 Å². The maximum Gasteiger partial charge on any atom is 0.237 e. The summed E-state index contributed by atoms with van der Waals surface area (Å²) in [6.45, 7) is 6.15. The molecule has 3 heteroatoms. The number of benzene rings is 2. The zero-order valence-electron chi connectivity index (χ0n) is 13.4. The molecule has 2 nitrogen and oxygen atoms in total. The zero-order valence-corrected chi connectivity index (χ0v) is 14.2. The maximum atomic E-state index is 12.5. The van der Waals surface area contributed by atoms with Crippen molar-refractivity contribution < 1.29 is 4.79 Å². The topological polar surface area (TPSA) is 29.1 Å². The highest BCUT2D eigenvalue weighted by molar-refractivity contribution is 7.99. The van der Waals surface area contributed by atoms with Crippen LogP contribution in [0.2, 0.25) is 0 Å². The first-order valence-electron chi connectivity index (χ1n) is 7.63. The minimum atomic E-state index is -0.0268. The van der Waals surface area contributed by atoms with Crippen molar-refractivity contribution in [2.45, 2.75) is 38.2 Å². The van der Waals surface area contributed by atoms with E-state index in [-0.39, 0.29) is 11.2 Å². The number of anilines is 1. The van der Waals surface area contributed by atoms with Crippen LogP contribution in [-0.4, -0.2) is 11.2 Å². The summed E-state index contributed by atoms with van der Waals surface area (Å²) in [6, 6.07) is 16.4. The quantitative estimate of drug-likeness (QED) is 0.817. The highest BCUT2D eigenvalue weighted by atomic mass is 32.2. The summed E-state index contributed by atoms with van der Waals surface area (Å²) < 4.78 is 0. The van der Waals surface area contributed by atoms with Crippen molar-refractivity contribution in [1.82, 2.24) is 0 Å². The average Bonchev–Trinajstić information content (AvgIpc) is 2.47. The number of aryl methyl sites for hydroxylation is 2. The highest BCUT2D eigenvalue weighted by Gasteiger charge is 2.17. The molecule has 0 aromatic heterocycles. The van der Waals surface area contributed by atoms with E-state index in [2.05, 4.69) is 30.4 Å². The van der Waals surface area contributed by atoms with Gasteiger partial charge in [-0.3, -0.25) is 4.79 Å². The monoisotopic (exact) mass is 313 g/mol. The molecule has 0 aliphatic heterocycles. The summed E-state index contributed by atoms with van der Waals surface area (Å²) in [6.07, 6.45) is 0.828. The van der Waals surface area contributed by atoms with Gasteiger partial charge >= 0.3 is 0 Å². The van der Waals surface area contributed by atoms with Gasteiger partial charge in [0.1, 0.15) is 0 Å². The average molecular weight is 313 g/mol. The van der Waals surface area contributed by atoms with Gasteiger partial charge in [0.25, 0.3) is 0 Å². The second-order valence-corrected chi connectivity index (χ2v) is 6.75. The smallest absolute Gasteiger partial charge is 0.237 e. The Morgan fingerprint density at radius 1 is 1.09 bits per heavy atom. The number of amides is 1. The maximum absolute atomic E-state index is 12.5. The molecule has 1 amide bonds. The van der Waals surface area contributed by atoms with E-state index in [1.807, 2.05) is 44.2 Å². The molecule has 116 valence electrons. The minimum absolute atomic E-state index is 0.0268. The molecular formula is C19H23NOS. The van der Waals surface area contributed by atoms with Crippen molar-refractivity contribution in [3.05, 3.63) is 65.2 Å². The van der Waals surface area contributed by atoms with Crippen LogP contribution in [0.3, 0.4) is 0 Å².